The van der Waals surface area contributed by atoms with Crippen LogP contribution in [0.5, 0.6) is 0 Å². The Balaban J connectivity index is 1.95. The second-order valence-corrected chi connectivity index (χ2v) is 4.54. The van der Waals surface area contributed by atoms with Gasteiger partial charge in [0, 0.05) is 36.1 Å². The number of amides is 1. The van der Waals surface area contributed by atoms with E-state index in [-0.39, 0.29) is 0 Å². The molecule has 0 saturated heterocycles. The zero-order chi connectivity index (χ0) is 13.7. The lowest BCUT2D eigenvalue weighted by Crippen LogP contribution is -2.14. The summed E-state index contributed by atoms with van der Waals surface area (Å²) in [5.41, 5.74) is 7.64. The standard InChI is InChI=1S/C14H14ClN3O/c15-13-6-11(14(16)19)3-4-12(13)9-18-8-10-2-1-5-17-7-10/h1-7,18H,8-9H2,(H2,16,19). The summed E-state index contributed by atoms with van der Waals surface area (Å²) in [6.07, 6.45) is 3.55. The first kappa shape index (κ1) is 13.5. The van der Waals surface area contributed by atoms with E-state index in [4.69, 9.17) is 17.3 Å². The first-order valence-corrected chi connectivity index (χ1v) is 6.22. The van der Waals surface area contributed by atoms with Crippen molar-refractivity contribution in [3.05, 3.63) is 64.4 Å². The molecule has 0 atom stereocenters. The van der Waals surface area contributed by atoms with Crippen molar-refractivity contribution in [2.45, 2.75) is 13.1 Å². The number of nitrogens with two attached hydrogens (primary N) is 1. The molecule has 0 bridgehead atoms. The SMILES string of the molecule is NC(=O)c1ccc(CNCc2cccnc2)c(Cl)c1. The second-order valence-electron chi connectivity index (χ2n) is 4.14. The molecule has 5 heteroatoms. The number of benzene rings is 1. The van der Waals surface area contributed by atoms with Crippen molar-refractivity contribution in [1.82, 2.24) is 10.3 Å². The van der Waals surface area contributed by atoms with Crippen molar-refractivity contribution in [1.29, 1.82) is 0 Å². The third-order valence-corrected chi connectivity index (χ3v) is 3.06. The molecular formula is C14H14ClN3O. The Morgan fingerprint density at radius 3 is 2.79 bits per heavy atom. The average Bonchev–Trinajstić information content (AvgIpc) is 2.41. The number of primary amides is 1. The largest absolute Gasteiger partial charge is 0.366 e. The van der Waals surface area contributed by atoms with Crippen molar-refractivity contribution in [3.8, 4) is 0 Å². The number of carbonyl (C=O) groups is 1. The zero-order valence-corrected chi connectivity index (χ0v) is 11.0. The summed E-state index contributed by atoms with van der Waals surface area (Å²) in [7, 11) is 0. The third-order valence-electron chi connectivity index (χ3n) is 2.70. The van der Waals surface area contributed by atoms with Crippen molar-refractivity contribution in [3.63, 3.8) is 0 Å². The molecule has 0 spiro atoms. The quantitative estimate of drug-likeness (QED) is 0.878. The van der Waals surface area contributed by atoms with E-state index in [0.717, 1.165) is 11.1 Å². The van der Waals surface area contributed by atoms with Crippen molar-refractivity contribution >= 4 is 17.5 Å². The topological polar surface area (TPSA) is 68.0 Å². The summed E-state index contributed by atoms with van der Waals surface area (Å²) in [5.74, 6) is -0.475. The number of hydrogen-bond donors (Lipinski definition) is 2. The maximum absolute atomic E-state index is 11.0. The van der Waals surface area contributed by atoms with Crippen LogP contribution in [0.4, 0.5) is 0 Å². The molecular weight excluding hydrogens is 262 g/mol. The second kappa shape index (κ2) is 6.31. The minimum Gasteiger partial charge on any atom is -0.366 e. The molecule has 19 heavy (non-hydrogen) atoms. The van der Waals surface area contributed by atoms with Crippen LogP contribution >= 0.6 is 11.6 Å². The lowest BCUT2D eigenvalue weighted by molar-refractivity contribution is 0.100. The molecule has 0 aliphatic heterocycles. The summed E-state index contributed by atoms with van der Waals surface area (Å²) in [4.78, 5) is 15.0. The van der Waals surface area contributed by atoms with Gasteiger partial charge in [0.15, 0.2) is 0 Å². The smallest absolute Gasteiger partial charge is 0.248 e. The van der Waals surface area contributed by atoms with Crippen molar-refractivity contribution in [2.75, 3.05) is 0 Å². The van der Waals surface area contributed by atoms with Gasteiger partial charge in [0.1, 0.15) is 0 Å². The number of nitrogens with one attached hydrogen (secondary N) is 1. The minimum atomic E-state index is -0.475. The van der Waals surface area contributed by atoms with Crippen LogP contribution in [0, 0.1) is 0 Å². The molecule has 0 radical (unpaired) electrons. The fourth-order valence-corrected chi connectivity index (χ4v) is 1.94. The van der Waals surface area contributed by atoms with Crippen LogP contribution in [0.3, 0.4) is 0 Å². The van der Waals surface area contributed by atoms with Gasteiger partial charge in [-0.05, 0) is 29.3 Å². The first-order valence-electron chi connectivity index (χ1n) is 5.84. The van der Waals surface area contributed by atoms with E-state index in [1.54, 1.807) is 24.4 Å². The van der Waals surface area contributed by atoms with E-state index in [1.807, 2.05) is 18.3 Å². The summed E-state index contributed by atoms with van der Waals surface area (Å²) in [6, 6.07) is 8.96. The number of rotatable bonds is 5. The lowest BCUT2D eigenvalue weighted by atomic mass is 10.1. The van der Waals surface area contributed by atoms with Gasteiger partial charge in [0.25, 0.3) is 0 Å². The molecule has 4 nitrogen and oxygen atoms in total. The number of hydrogen-bond acceptors (Lipinski definition) is 3. The molecule has 98 valence electrons. The molecule has 1 heterocycles. The first-order chi connectivity index (χ1) is 9.16. The van der Waals surface area contributed by atoms with E-state index in [0.29, 0.717) is 23.7 Å². The summed E-state index contributed by atoms with van der Waals surface area (Å²) >= 11 is 6.10. The van der Waals surface area contributed by atoms with Crippen LogP contribution in [-0.4, -0.2) is 10.9 Å². The van der Waals surface area contributed by atoms with Crippen molar-refractivity contribution in [2.24, 2.45) is 5.73 Å². The average molecular weight is 276 g/mol. The van der Waals surface area contributed by atoms with E-state index < -0.39 is 5.91 Å². The van der Waals surface area contributed by atoms with Gasteiger partial charge in [-0.2, -0.15) is 0 Å². The van der Waals surface area contributed by atoms with Crippen LogP contribution in [-0.2, 0) is 13.1 Å². The Hall–Kier alpha value is -1.91. The Labute approximate surface area is 116 Å². The van der Waals surface area contributed by atoms with E-state index in [2.05, 4.69) is 10.3 Å². The molecule has 3 N–H and O–H groups in total. The maximum atomic E-state index is 11.0. The Morgan fingerprint density at radius 1 is 1.32 bits per heavy atom. The molecule has 2 aromatic rings. The fourth-order valence-electron chi connectivity index (χ4n) is 1.69. The lowest BCUT2D eigenvalue weighted by Gasteiger charge is -2.07. The Morgan fingerprint density at radius 2 is 2.16 bits per heavy atom. The van der Waals surface area contributed by atoms with Gasteiger partial charge in [-0.3, -0.25) is 9.78 Å². The molecule has 0 saturated carbocycles. The number of nitrogens with zero attached hydrogens (tertiary/aromatic N) is 1. The molecule has 1 aromatic heterocycles. The summed E-state index contributed by atoms with van der Waals surface area (Å²) in [5, 5.41) is 3.80. The molecule has 0 aliphatic rings. The van der Waals surface area contributed by atoms with Gasteiger partial charge in [-0.25, -0.2) is 0 Å². The molecule has 0 fully saturated rings. The third kappa shape index (κ3) is 3.77. The highest BCUT2D eigenvalue weighted by molar-refractivity contribution is 6.31. The number of pyridine rings is 1. The predicted octanol–water partition coefficient (Wildman–Crippen LogP) is 2.12. The van der Waals surface area contributed by atoms with Gasteiger partial charge < -0.3 is 11.1 Å². The van der Waals surface area contributed by atoms with Crippen LogP contribution in [0.15, 0.2) is 42.7 Å². The highest BCUT2D eigenvalue weighted by atomic mass is 35.5. The van der Waals surface area contributed by atoms with Crippen LogP contribution < -0.4 is 11.1 Å². The normalized spacial score (nSPS) is 10.4. The van der Waals surface area contributed by atoms with Gasteiger partial charge in [-0.15, -0.1) is 0 Å². The zero-order valence-electron chi connectivity index (χ0n) is 10.3. The number of halogens is 1. The fraction of sp³-hybridized carbons (Fsp3) is 0.143. The van der Waals surface area contributed by atoms with Crippen LogP contribution in [0.2, 0.25) is 5.02 Å². The summed E-state index contributed by atoms with van der Waals surface area (Å²) < 4.78 is 0. The van der Waals surface area contributed by atoms with E-state index in [1.165, 1.54) is 0 Å². The number of carbonyl (C=O) groups excluding carboxylic acids is 1. The molecule has 0 aliphatic carbocycles. The molecule has 0 unspecified atom stereocenters. The van der Waals surface area contributed by atoms with E-state index >= 15 is 0 Å². The minimum absolute atomic E-state index is 0.418. The number of aromatic nitrogens is 1. The van der Waals surface area contributed by atoms with Crippen molar-refractivity contribution < 1.29 is 4.79 Å². The molecule has 2 rings (SSSR count). The van der Waals surface area contributed by atoms with Gasteiger partial charge in [0.2, 0.25) is 5.91 Å². The Kier molecular flexibility index (Phi) is 4.49. The van der Waals surface area contributed by atoms with Gasteiger partial charge in [-0.1, -0.05) is 23.7 Å². The molecule has 1 aromatic carbocycles. The van der Waals surface area contributed by atoms with Crippen LogP contribution in [0.25, 0.3) is 0 Å². The molecule has 1 amide bonds. The van der Waals surface area contributed by atoms with E-state index in [9.17, 15) is 4.79 Å². The summed E-state index contributed by atoms with van der Waals surface area (Å²) in [6.45, 7) is 1.33. The highest BCUT2D eigenvalue weighted by Gasteiger charge is 2.05. The van der Waals surface area contributed by atoms with Crippen LogP contribution in [0.1, 0.15) is 21.5 Å². The Bertz CT molecular complexity index is 572. The van der Waals surface area contributed by atoms with Gasteiger partial charge in [0.05, 0.1) is 0 Å². The monoisotopic (exact) mass is 275 g/mol. The predicted molar refractivity (Wildman–Crippen MR) is 74.8 cm³/mol. The highest BCUT2D eigenvalue weighted by Crippen LogP contribution is 2.17. The maximum Gasteiger partial charge on any atom is 0.248 e. The van der Waals surface area contributed by atoms with Gasteiger partial charge >= 0.3 is 0 Å².